The van der Waals surface area contributed by atoms with E-state index in [1.807, 2.05) is 0 Å². The fraction of sp³-hybridized carbons (Fsp3) is 0.600. The lowest BCUT2D eigenvalue weighted by molar-refractivity contribution is 0.236. The summed E-state index contributed by atoms with van der Waals surface area (Å²) < 4.78 is 2.19. The number of rotatable bonds is 1. The summed E-state index contributed by atoms with van der Waals surface area (Å²) in [5.41, 5.74) is 1.38. The third kappa shape index (κ3) is 1.76. The summed E-state index contributed by atoms with van der Waals surface area (Å²) in [6.45, 7) is 3.35. The van der Waals surface area contributed by atoms with Gasteiger partial charge in [-0.25, -0.2) is 0 Å². The third-order valence-corrected chi connectivity index (χ3v) is 2.72. The van der Waals surface area contributed by atoms with Crippen LogP contribution in [0.4, 0.5) is 0 Å². The van der Waals surface area contributed by atoms with Gasteiger partial charge in [-0.2, -0.15) is 0 Å². The first-order valence-electron chi connectivity index (χ1n) is 4.80. The second-order valence-electron chi connectivity index (χ2n) is 3.81. The largest absolute Gasteiger partial charge is 0.353 e. The van der Waals surface area contributed by atoms with Crippen LogP contribution in [0.5, 0.6) is 0 Å². The Morgan fingerprint density at radius 1 is 1.46 bits per heavy atom. The molecule has 0 spiro atoms. The zero-order chi connectivity index (χ0) is 9.26. The standard InChI is InChI=1S/C10H17N3/c1-12-7-5-11-9(8-12)10-4-3-6-13(10)2/h3-4,6,9,11H,5,7-8H2,1-2H3. The molecule has 1 aromatic rings. The summed E-state index contributed by atoms with van der Waals surface area (Å²) in [5, 5.41) is 3.53. The fourth-order valence-corrected chi connectivity index (χ4v) is 1.93. The topological polar surface area (TPSA) is 20.2 Å². The van der Waals surface area contributed by atoms with Crippen molar-refractivity contribution in [2.45, 2.75) is 6.04 Å². The molecule has 0 aliphatic carbocycles. The van der Waals surface area contributed by atoms with E-state index in [4.69, 9.17) is 0 Å². The molecule has 2 heterocycles. The average Bonchev–Trinajstić information content (AvgIpc) is 2.51. The summed E-state index contributed by atoms with van der Waals surface area (Å²) in [4.78, 5) is 2.37. The molecule has 1 aliphatic heterocycles. The van der Waals surface area contributed by atoms with Crippen molar-refractivity contribution >= 4 is 0 Å². The van der Waals surface area contributed by atoms with Crippen molar-refractivity contribution in [1.29, 1.82) is 0 Å². The van der Waals surface area contributed by atoms with Crippen LogP contribution < -0.4 is 5.32 Å². The minimum atomic E-state index is 0.499. The van der Waals surface area contributed by atoms with Gasteiger partial charge < -0.3 is 14.8 Å². The molecule has 1 aliphatic rings. The van der Waals surface area contributed by atoms with Gasteiger partial charge in [-0.05, 0) is 19.2 Å². The Kier molecular flexibility index (Phi) is 2.38. The molecule has 2 rings (SSSR count). The van der Waals surface area contributed by atoms with E-state index in [1.165, 1.54) is 5.69 Å². The van der Waals surface area contributed by atoms with Gasteiger partial charge in [0.15, 0.2) is 0 Å². The van der Waals surface area contributed by atoms with Gasteiger partial charge in [-0.3, -0.25) is 0 Å². The maximum atomic E-state index is 3.53. The monoisotopic (exact) mass is 179 g/mol. The molecule has 1 aromatic heterocycles. The highest BCUT2D eigenvalue weighted by molar-refractivity contribution is 5.12. The summed E-state index contributed by atoms with van der Waals surface area (Å²) in [5.74, 6) is 0. The zero-order valence-corrected chi connectivity index (χ0v) is 8.33. The minimum absolute atomic E-state index is 0.499. The number of aryl methyl sites for hydroxylation is 1. The van der Waals surface area contributed by atoms with E-state index >= 15 is 0 Å². The van der Waals surface area contributed by atoms with Crippen LogP contribution >= 0.6 is 0 Å². The van der Waals surface area contributed by atoms with Crippen molar-refractivity contribution in [3.05, 3.63) is 24.0 Å². The molecule has 0 amide bonds. The first-order chi connectivity index (χ1) is 6.27. The van der Waals surface area contributed by atoms with Crippen LogP contribution in [0.15, 0.2) is 18.3 Å². The first-order valence-corrected chi connectivity index (χ1v) is 4.80. The highest BCUT2D eigenvalue weighted by Crippen LogP contribution is 2.15. The van der Waals surface area contributed by atoms with Crippen LogP contribution in [0.25, 0.3) is 0 Å². The van der Waals surface area contributed by atoms with Gasteiger partial charge in [-0.15, -0.1) is 0 Å². The average molecular weight is 179 g/mol. The summed E-state index contributed by atoms with van der Waals surface area (Å²) in [6.07, 6.45) is 2.10. The number of piperazine rings is 1. The fourth-order valence-electron chi connectivity index (χ4n) is 1.93. The molecule has 3 nitrogen and oxygen atoms in total. The highest BCUT2D eigenvalue weighted by atomic mass is 15.2. The lowest BCUT2D eigenvalue weighted by Gasteiger charge is -2.31. The van der Waals surface area contributed by atoms with Crippen molar-refractivity contribution in [3.63, 3.8) is 0 Å². The Hall–Kier alpha value is -0.800. The van der Waals surface area contributed by atoms with Gasteiger partial charge in [0.1, 0.15) is 0 Å². The predicted octanol–water partition coefficient (Wildman–Crippen LogP) is 0.601. The van der Waals surface area contributed by atoms with E-state index in [2.05, 4.69) is 47.2 Å². The van der Waals surface area contributed by atoms with E-state index in [-0.39, 0.29) is 0 Å². The van der Waals surface area contributed by atoms with E-state index < -0.39 is 0 Å². The molecule has 13 heavy (non-hydrogen) atoms. The molecule has 1 fully saturated rings. The molecular weight excluding hydrogens is 162 g/mol. The Balaban J connectivity index is 2.12. The Morgan fingerprint density at radius 3 is 2.92 bits per heavy atom. The number of nitrogens with one attached hydrogen (secondary N) is 1. The second kappa shape index (κ2) is 3.52. The maximum Gasteiger partial charge on any atom is 0.0604 e. The molecular formula is C10H17N3. The molecule has 72 valence electrons. The molecule has 0 saturated carbocycles. The molecule has 0 radical (unpaired) electrons. The van der Waals surface area contributed by atoms with Gasteiger partial charge in [-0.1, -0.05) is 0 Å². The van der Waals surface area contributed by atoms with Gasteiger partial charge in [0, 0.05) is 38.6 Å². The molecule has 0 bridgehead atoms. The predicted molar refractivity (Wildman–Crippen MR) is 53.7 cm³/mol. The van der Waals surface area contributed by atoms with Crippen LogP contribution in [0.2, 0.25) is 0 Å². The number of nitrogens with zero attached hydrogens (tertiary/aromatic N) is 2. The van der Waals surface area contributed by atoms with Crippen LogP contribution in [0.3, 0.4) is 0 Å². The first kappa shape index (κ1) is 8.78. The SMILES string of the molecule is CN1CCNC(c2cccn2C)C1. The summed E-state index contributed by atoms with van der Waals surface area (Å²) >= 11 is 0. The van der Waals surface area contributed by atoms with Gasteiger partial charge in [0.2, 0.25) is 0 Å². The van der Waals surface area contributed by atoms with E-state index in [9.17, 15) is 0 Å². The van der Waals surface area contributed by atoms with Crippen LogP contribution in [0, 0.1) is 0 Å². The Morgan fingerprint density at radius 2 is 2.31 bits per heavy atom. The molecule has 0 aromatic carbocycles. The Bertz CT molecular complexity index is 279. The van der Waals surface area contributed by atoms with Crippen LogP contribution in [-0.4, -0.2) is 36.1 Å². The zero-order valence-electron chi connectivity index (χ0n) is 8.33. The number of likely N-dealkylation sites (N-methyl/N-ethyl adjacent to an activating group) is 1. The molecule has 1 saturated heterocycles. The lowest BCUT2D eigenvalue weighted by Crippen LogP contribution is -2.44. The van der Waals surface area contributed by atoms with Gasteiger partial charge >= 0.3 is 0 Å². The summed E-state index contributed by atoms with van der Waals surface area (Å²) in [6, 6.07) is 4.79. The van der Waals surface area contributed by atoms with Crippen molar-refractivity contribution in [2.75, 3.05) is 26.7 Å². The second-order valence-corrected chi connectivity index (χ2v) is 3.81. The number of hydrogen-bond donors (Lipinski definition) is 1. The minimum Gasteiger partial charge on any atom is -0.353 e. The van der Waals surface area contributed by atoms with E-state index in [0.717, 1.165) is 19.6 Å². The molecule has 1 atom stereocenters. The van der Waals surface area contributed by atoms with Crippen molar-refractivity contribution in [2.24, 2.45) is 7.05 Å². The van der Waals surface area contributed by atoms with Crippen LogP contribution in [-0.2, 0) is 7.05 Å². The Labute approximate surface area is 79.3 Å². The normalized spacial score (nSPS) is 24.9. The van der Waals surface area contributed by atoms with Crippen molar-refractivity contribution in [1.82, 2.24) is 14.8 Å². The number of aromatic nitrogens is 1. The lowest BCUT2D eigenvalue weighted by atomic mass is 10.1. The third-order valence-electron chi connectivity index (χ3n) is 2.72. The van der Waals surface area contributed by atoms with Crippen LogP contribution in [0.1, 0.15) is 11.7 Å². The molecule has 3 heteroatoms. The van der Waals surface area contributed by atoms with E-state index in [1.54, 1.807) is 0 Å². The summed E-state index contributed by atoms with van der Waals surface area (Å²) in [7, 11) is 4.28. The van der Waals surface area contributed by atoms with Gasteiger partial charge in [0.25, 0.3) is 0 Å². The van der Waals surface area contributed by atoms with Crippen molar-refractivity contribution in [3.8, 4) is 0 Å². The van der Waals surface area contributed by atoms with Crippen molar-refractivity contribution < 1.29 is 0 Å². The quantitative estimate of drug-likeness (QED) is 0.681. The number of hydrogen-bond acceptors (Lipinski definition) is 2. The van der Waals surface area contributed by atoms with Gasteiger partial charge in [0.05, 0.1) is 6.04 Å². The smallest absolute Gasteiger partial charge is 0.0604 e. The molecule has 1 N–H and O–H groups in total. The molecule has 1 unspecified atom stereocenters. The highest BCUT2D eigenvalue weighted by Gasteiger charge is 2.19. The maximum absolute atomic E-state index is 3.53. The van der Waals surface area contributed by atoms with E-state index in [0.29, 0.717) is 6.04 Å².